The zero-order valence-corrected chi connectivity index (χ0v) is 18.7. The van der Waals surface area contributed by atoms with Crippen LogP contribution in [0.5, 0.6) is 0 Å². The lowest BCUT2D eigenvalue weighted by molar-refractivity contribution is -0.120. The number of hydrogen-bond donors (Lipinski definition) is 0. The third kappa shape index (κ3) is 4.26. The predicted octanol–water partition coefficient (Wildman–Crippen LogP) is 4.10. The molecule has 5 nitrogen and oxygen atoms in total. The molecule has 2 fully saturated rings. The van der Waals surface area contributed by atoms with Gasteiger partial charge in [-0.05, 0) is 66.9 Å². The van der Waals surface area contributed by atoms with Gasteiger partial charge in [-0.3, -0.25) is 9.78 Å². The number of hydrogen-bond acceptors (Lipinski definition) is 4. The summed E-state index contributed by atoms with van der Waals surface area (Å²) in [5.74, 6) is 0.290. The minimum absolute atomic E-state index is 0.0449. The van der Waals surface area contributed by atoms with Gasteiger partial charge in [0.1, 0.15) is 0 Å². The van der Waals surface area contributed by atoms with E-state index in [1.807, 2.05) is 17.0 Å². The smallest absolute Gasteiger partial charge is 0.230 e. The van der Waals surface area contributed by atoms with E-state index < -0.39 is 0 Å². The maximum absolute atomic E-state index is 13.3. The SMILES string of the molecule is CN1CCN(c2ccccc2CC2CCN(c3ccc(-c4ccncc4)cc3)C2=O)CC1. The molecule has 0 saturated carbocycles. The van der Waals surface area contributed by atoms with E-state index in [9.17, 15) is 4.79 Å². The second kappa shape index (κ2) is 9.13. The van der Waals surface area contributed by atoms with Gasteiger partial charge in [-0.2, -0.15) is 0 Å². The Kier molecular flexibility index (Phi) is 5.91. The molecule has 0 N–H and O–H groups in total. The lowest BCUT2D eigenvalue weighted by Gasteiger charge is -2.35. The summed E-state index contributed by atoms with van der Waals surface area (Å²) >= 11 is 0. The van der Waals surface area contributed by atoms with Crippen LogP contribution in [0.1, 0.15) is 12.0 Å². The molecule has 3 aromatic rings. The van der Waals surface area contributed by atoms with Crippen molar-refractivity contribution in [2.45, 2.75) is 12.8 Å². The van der Waals surface area contributed by atoms with Gasteiger partial charge in [-0.25, -0.2) is 0 Å². The number of benzene rings is 2. The molecule has 2 aliphatic rings. The normalized spacial score (nSPS) is 19.5. The molecule has 3 heterocycles. The highest BCUT2D eigenvalue weighted by Crippen LogP contribution is 2.32. The molecule has 0 aliphatic carbocycles. The van der Waals surface area contributed by atoms with Crippen LogP contribution < -0.4 is 9.80 Å². The van der Waals surface area contributed by atoms with Crippen LogP contribution in [0.15, 0.2) is 73.1 Å². The Morgan fingerprint density at radius 2 is 1.53 bits per heavy atom. The maximum atomic E-state index is 13.3. The van der Waals surface area contributed by atoms with Crippen molar-refractivity contribution in [1.82, 2.24) is 9.88 Å². The molecule has 0 spiro atoms. The highest BCUT2D eigenvalue weighted by Gasteiger charge is 2.33. The Bertz CT molecular complexity index is 1060. The first-order chi connectivity index (χ1) is 15.7. The number of carbonyl (C=O) groups is 1. The number of aromatic nitrogens is 1. The van der Waals surface area contributed by atoms with Crippen LogP contribution in [0.2, 0.25) is 0 Å². The van der Waals surface area contributed by atoms with Crippen LogP contribution >= 0.6 is 0 Å². The third-order valence-electron chi connectivity index (χ3n) is 6.81. The molecular formula is C27H30N4O. The summed E-state index contributed by atoms with van der Waals surface area (Å²) in [6.07, 6.45) is 5.32. The van der Waals surface area contributed by atoms with Crippen molar-refractivity contribution >= 4 is 17.3 Å². The van der Waals surface area contributed by atoms with E-state index in [1.165, 1.54) is 11.3 Å². The average Bonchev–Trinajstić information content (AvgIpc) is 3.20. The standard InChI is InChI=1S/C27H30N4O/c1-29-16-18-30(19-17-29)26-5-3-2-4-23(26)20-24-12-15-31(27(24)32)25-8-6-21(7-9-25)22-10-13-28-14-11-22/h2-11,13-14,24H,12,15-20H2,1H3. The topological polar surface area (TPSA) is 39.7 Å². The van der Waals surface area contributed by atoms with Gasteiger partial charge in [-0.1, -0.05) is 30.3 Å². The van der Waals surface area contributed by atoms with Crippen LogP contribution in [-0.4, -0.2) is 55.6 Å². The summed E-state index contributed by atoms with van der Waals surface area (Å²) in [4.78, 5) is 24.2. The highest BCUT2D eigenvalue weighted by molar-refractivity contribution is 5.97. The van der Waals surface area contributed by atoms with Crippen molar-refractivity contribution in [3.8, 4) is 11.1 Å². The lowest BCUT2D eigenvalue weighted by Crippen LogP contribution is -2.44. The Morgan fingerprint density at radius 1 is 0.844 bits per heavy atom. The van der Waals surface area contributed by atoms with E-state index >= 15 is 0 Å². The largest absolute Gasteiger partial charge is 0.369 e. The summed E-state index contributed by atoms with van der Waals surface area (Å²) in [7, 11) is 2.18. The second-order valence-corrected chi connectivity index (χ2v) is 8.88. The Labute approximate surface area is 190 Å². The fourth-order valence-electron chi connectivity index (χ4n) is 4.87. The Hall–Kier alpha value is -3.18. The highest BCUT2D eigenvalue weighted by atomic mass is 16.2. The van der Waals surface area contributed by atoms with E-state index in [-0.39, 0.29) is 11.8 Å². The van der Waals surface area contributed by atoms with E-state index in [0.717, 1.165) is 62.4 Å². The number of rotatable bonds is 5. The van der Waals surface area contributed by atoms with Crippen molar-refractivity contribution in [3.05, 3.63) is 78.6 Å². The van der Waals surface area contributed by atoms with Crippen molar-refractivity contribution in [2.24, 2.45) is 5.92 Å². The zero-order valence-electron chi connectivity index (χ0n) is 18.7. The van der Waals surface area contributed by atoms with E-state index in [1.54, 1.807) is 12.4 Å². The van der Waals surface area contributed by atoms with E-state index in [4.69, 9.17) is 0 Å². The number of nitrogens with zero attached hydrogens (tertiary/aromatic N) is 4. The van der Waals surface area contributed by atoms with Gasteiger partial charge in [0, 0.05) is 62.4 Å². The molecule has 32 heavy (non-hydrogen) atoms. The molecule has 2 aromatic carbocycles. The monoisotopic (exact) mass is 426 g/mol. The maximum Gasteiger partial charge on any atom is 0.230 e. The van der Waals surface area contributed by atoms with Crippen LogP contribution in [0.25, 0.3) is 11.1 Å². The van der Waals surface area contributed by atoms with Crippen LogP contribution in [0.3, 0.4) is 0 Å². The first-order valence-corrected chi connectivity index (χ1v) is 11.5. The van der Waals surface area contributed by atoms with Crippen LogP contribution in [0, 0.1) is 5.92 Å². The molecule has 1 atom stereocenters. The number of amides is 1. The van der Waals surface area contributed by atoms with Gasteiger partial charge in [0.2, 0.25) is 5.91 Å². The van der Waals surface area contributed by atoms with Crippen molar-refractivity contribution in [2.75, 3.05) is 49.6 Å². The first kappa shape index (κ1) is 20.7. The quantitative estimate of drug-likeness (QED) is 0.616. The van der Waals surface area contributed by atoms with Crippen molar-refractivity contribution < 1.29 is 4.79 Å². The van der Waals surface area contributed by atoms with Gasteiger partial charge in [0.25, 0.3) is 0 Å². The first-order valence-electron chi connectivity index (χ1n) is 11.5. The molecule has 5 heteroatoms. The number of piperazine rings is 1. The van der Waals surface area contributed by atoms with E-state index in [0.29, 0.717) is 0 Å². The number of anilines is 2. The summed E-state index contributed by atoms with van der Waals surface area (Å²) in [6, 6.07) is 21.0. The molecule has 0 bridgehead atoms. The number of pyridine rings is 1. The third-order valence-corrected chi connectivity index (χ3v) is 6.81. The summed E-state index contributed by atoms with van der Waals surface area (Å²) in [5.41, 5.74) is 5.86. The van der Waals surface area contributed by atoms with Gasteiger partial charge in [0.05, 0.1) is 0 Å². The minimum Gasteiger partial charge on any atom is -0.369 e. The van der Waals surface area contributed by atoms with Gasteiger partial charge < -0.3 is 14.7 Å². The Balaban J connectivity index is 1.29. The van der Waals surface area contributed by atoms with Crippen molar-refractivity contribution in [1.29, 1.82) is 0 Å². The number of carbonyl (C=O) groups excluding carboxylic acids is 1. The van der Waals surface area contributed by atoms with Gasteiger partial charge in [-0.15, -0.1) is 0 Å². The molecular weight excluding hydrogens is 396 g/mol. The number of para-hydroxylation sites is 1. The van der Waals surface area contributed by atoms with Gasteiger partial charge in [0.15, 0.2) is 0 Å². The molecule has 2 aliphatic heterocycles. The average molecular weight is 427 g/mol. The predicted molar refractivity (Wildman–Crippen MR) is 130 cm³/mol. The summed E-state index contributed by atoms with van der Waals surface area (Å²) in [5, 5.41) is 0. The molecule has 2 saturated heterocycles. The fraction of sp³-hybridized carbons (Fsp3) is 0.333. The zero-order chi connectivity index (χ0) is 21.9. The molecule has 5 rings (SSSR count). The molecule has 1 amide bonds. The molecule has 164 valence electrons. The van der Waals surface area contributed by atoms with Crippen LogP contribution in [-0.2, 0) is 11.2 Å². The fourth-order valence-corrected chi connectivity index (χ4v) is 4.87. The summed E-state index contributed by atoms with van der Waals surface area (Å²) in [6.45, 7) is 5.04. The van der Waals surface area contributed by atoms with Crippen LogP contribution in [0.4, 0.5) is 11.4 Å². The second-order valence-electron chi connectivity index (χ2n) is 8.88. The lowest BCUT2D eigenvalue weighted by atomic mass is 9.96. The molecule has 0 radical (unpaired) electrons. The molecule has 1 unspecified atom stereocenters. The van der Waals surface area contributed by atoms with E-state index in [2.05, 4.69) is 70.4 Å². The Morgan fingerprint density at radius 3 is 2.28 bits per heavy atom. The summed E-state index contributed by atoms with van der Waals surface area (Å²) < 4.78 is 0. The minimum atomic E-state index is 0.0449. The van der Waals surface area contributed by atoms with Crippen molar-refractivity contribution in [3.63, 3.8) is 0 Å². The number of likely N-dealkylation sites (N-methyl/N-ethyl adjacent to an activating group) is 1. The van der Waals surface area contributed by atoms with Gasteiger partial charge >= 0.3 is 0 Å². The molecule has 1 aromatic heterocycles.